The number of rotatable bonds is 8. The molecule has 1 aliphatic rings. The zero-order valence-corrected chi connectivity index (χ0v) is 20.6. The topological polar surface area (TPSA) is 74.0 Å². The molecule has 0 saturated heterocycles. The number of Topliss-reactive ketones (excluding diaryl/α,β-unsaturated/α-hetero) is 1. The maximum Gasteiger partial charge on any atom is 0.290 e. The van der Waals surface area contributed by atoms with E-state index in [0.29, 0.717) is 18.7 Å². The van der Waals surface area contributed by atoms with Crippen LogP contribution in [0.15, 0.2) is 68.8 Å². The van der Waals surface area contributed by atoms with Gasteiger partial charge >= 0.3 is 0 Å². The smallest absolute Gasteiger partial charge is 0.290 e. The van der Waals surface area contributed by atoms with Gasteiger partial charge in [0.1, 0.15) is 5.58 Å². The lowest BCUT2D eigenvalue weighted by Gasteiger charge is -2.29. The molecule has 1 atom stereocenters. The average molecular weight is 511 g/mol. The second-order valence-corrected chi connectivity index (χ2v) is 9.14. The van der Waals surface area contributed by atoms with E-state index in [1.807, 2.05) is 49.4 Å². The highest BCUT2D eigenvalue weighted by Gasteiger charge is 2.44. The van der Waals surface area contributed by atoms with Crippen LogP contribution >= 0.6 is 15.9 Å². The zero-order chi connectivity index (χ0) is 23.7. The third-order valence-electron chi connectivity index (χ3n) is 6.16. The number of nitrogens with zero attached hydrogens (tertiary/aromatic N) is 2. The van der Waals surface area contributed by atoms with Crippen LogP contribution in [0.4, 0.5) is 0 Å². The molecule has 0 spiro atoms. The van der Waals surface area contributed by atoms with Crippen molar-refractivity contribution in [3.05, 3.63) is 81.2 Å². The average Bonchev–Trinajstić information content (AvgIpc) is 3.33. The number of ketones is 1. The lowest BCUT2D eigenvalue weighted by Crippen LogP contribution is -2.38. The molecule has 2 heterocycles. The molecule has 0 fully saturated rings. The molecule has 7 heteroatoms. The normalized spacial score (nSPS) is 16.5. The Hall–Kier alpha value is -2.90. The van der Waals surface area contributed by atoms with Crippen molar-refractivity contribution in [1.29, 1.82) is 0 Å². The van der Waals surface area contributed by atoms with Gasteiger partial charge in [0, 0.05) is 22.9 Å². The highest BCUT2D eigenvalue weighted by atomic mass is 79.9. The summed E-state index contributed by atoms with van der Waals surface area (Å²) in [6.07, 6.45) is 0. The number of aliphatic hydroxyl groups is 1. The minimum atomic E-state index is -0.701. The highest BCUT2D eigenvalue weighted by molar-refractivity contribution is 9.10. The summed E-state index contributed by atoms with van der Waals surface area (Å²) < 4.78 is 6.64. The number of amides is 1. The summed E-state index contributed by atoms with van der Waals surface area (Å²) in [5.41, 5.74) is 2.44. The fourth-order valence-electron chi connectivity index (χ4n) is 4.34. The van der Waals surface area contributed by atoms with Crippen molar-refractivity contribution in [2.45, 2.75) is 26.8 Å². The summed E-state index contributed by atoms with van der Waals surface area (Å²) in [6, 6.07) is 14.1. The van der Waals surface area contributed by atoms with Crippen molar-refractivity contribution < 1.29 is 19.1 Å². The van der Waals surface area contributed by atoms with Crippen LogP contribution in [-0.2, 0) is 4.79 Å². The van der Waals surface area contributed by atoms with Crippen molar-refractivity contribution >= 4 is 38.6 Å². The largest absolute Gasteiger partial charge is 0.503 e. The number of fused-ring (bicyclic) bond motifs is 1. The number of hydrogen-bond acceptors (Lipinski definition) is 5. The van der Waals surface area contributed by atoms with Gasteiger partial charge in [-0.3, -0.25) is 9.59 Å². The first-order valence-electron chi connectivity index (χ1n) is 11.1. The third-order valence-corrected chi connectivity index (χ3v) is 6.65. The monoisotopic (exact) mass is 510 g/mol. The van der Waals surface area contributed by atoms with Crippen LogP contribution in [0.1, 0.15) is 41.6 Å². The van der Waals surface area contributed by atoms with Crippen LogP contribution in [0.25, 0.3) is 11.0 Å². The lowest BCUT2D eigenvalue weighted by molar-refractivity contribution is -0.129. The van der Waals surface area contributed by atoms with Gasteiger partial charge in [-0.2, -0.15) is 0 Å². The Morgan fingerprint density at radius 3 is 2.61 bits per heavy atom. The molecule has 3 aromatic rings. The van der Waals surface area contributed by atoms with Crippen LogP contribution in [0.3, 0.4) is 0 Å². The summed E-state index contributed by atoms with van der Waals surface area (Å²) in [7, 11) is 0. The van der Waals surface area contributed by atoms with Gasteiger partial charge in [-0.05, 0) is 55.9 Å². The SMILES string of the molecule is CCN(CC)CCN1C(=O)C(O)=C(C(=O)c2cc3cc(C)ccc3o2)C1c1cccc(Br)c1. The van der Waals surface area contributed by atoms with Crippen LogP contribution in [0.5, 0.6) is 0 Å². The number of likely N-dealkylation sites (N-methyl/N-ethyl adjacent to an activating group) is 1. The van der Waals surface area contributed by atoms with Gasteiger partial charge in [0.25, 0.3) is 5.91 Å². The van der Waals surface area contributed by atoms with E-state index in [0.717, 1.165) is 34.1 Å². The molecule has 172 valence electrons. The second-order valence-electron chi connectivity index (χ2n) is 8.23. The molecule has 1 aromatic heterocycles. The van der Waals surface area contributed by atoms with E-state index in [4.69, 9.17) is 4.42 Å². The number of benzene rings is 2. The van der Waals surface area contributed by atoms with Crippen molar-refractivity contribution in [2.75, 3.05) is 26.2 Å². The number of aryl methyl sites for hydroxylation is 1. The zero-order valence-electron chi connectivity index (χ0n) is 19.0. The van der Waals surface area contributed by atoms with Gasteiger partial charge in [0.15, 0.2) is 11.5 Å². The van der Waals surface area contributed by atoms with Crippen LogP contribution in [0.2, 0.25) is 0 Å². The van der Waals surface area contributed by atoms with E-state index in [1.54, 1.807) is 11.0 Å². The van der Waals surface area contributed by atoms with Gasteiger partial charge in [0.05, 0.1) is 11.6 Å². The van der Waals surface area contributed by atoms with Crippen molar-refractivity contribution in [3.63, 3.8) is 0 Å². The van der Waals surface area contributed by atoms with E-state index in [-0.39, 0.29) is 11.3 Å². The first-order valence-corrected chi connectivity index (χ1v) is 11.9. The Morgan fingerprint density at radius 1 is 1.15 bits per heavy atom. The first-order chi connectivity index (χ1) is 15.8. The predicted octanol–water partition coefficient (Wildman–Crippen LogP) is 5.42. The van der Waals surface area contributed by atoms with Crippen molar-refractivity contribution in [2.24, 2.45) is 0 Å². The Morgan fingerprint density at radius 2 is 1.91 bits per heavy atom. The molecule has 33 heavy (non-hydrogen) atoms. The van der Waals surface area contributed by atoms with E-state index in [1.165, 1.54) is 0 Å². The summed E-state index contributed by atoms with van der Waals surface area (Å²) in [5.74, 6) is -1.43. The fourth-order valence-corrected chi connectivity index (χ4v) is 4.75. The molecule has 1 unspecified atom stereocenters. The molecule has 1 amide bonds. The third kappa shape index (κ3) is 4.48. The van der Waals surface area contributed by atoms with Gasteiger partial charge in [0.2, 0.25) is 5.78 Å². The summed E-state index contributed by atoms with van der Waals surface area (Å²) >= 11 is 3.48. The lowest BCUT2D eigenvalue weighted by atomic mass is 9.95. The molecule has 1 N–H and O–H groups in total. The molecular weight excluding hydrogens is 484 g/mol. The summed E-state index contributed by atoms with van der Waals surface area (Å²) in [4.78, 5) is 30.5. The maximum absolute atomic E-state index is 13.6. The van der Waals surface area contributed by atoms with Crippen LogP contribution in [-0.4, -0.2) is 52.8 Å². The minimum absolute atomic E-state index is 0.0495. The number of halogens is 1. The van der Waals surface area contributed by atoms with Gasteiger partial charge < -0.3 is 19.3 Å². The van der Waals surface area contributed by atoms with E-state index in [9.17, 15) is 14.7 Å². The molecule has 6 nitrogen and oxygen atoms in total. The van der Waals surface area contributed by atoms with Crippen molar-refractivity contribution in [3.8, 4) is 0 Å². The quantitative estimate of drug-likeness (QED) is 0.409. The minimum Gasteiger partial charge on any atom is -0.503 e. The summed E-state index contributed by atoms with van der Waals surface area (Å²) in [6.45, 7) is 8.83. The predicted molar refractivity (Wildman–Crippen MR) is 131 cm³/mol. The molecule has 1 aliphatic heterocycles. The van der Waals surface area contributed by atoms with Gasteiger partial charge in [-0.25, -0.2) is 0 Å². The van der Waals surface area contributed by atoms with Crippen molar-refractivity contribution in [1.82, 2.24) is 9.80 Å². The van der Waals surface area contributed by atoms with E-state index >= 15 is 0 Å². The number of carbonyl (C=O) groups excluding carboxylic acids is 2. The Balaban J connectivity index is 1.76. The van der Waals surface area contributed by atoms with Gasteiger partial charge in [-0.15, -0.1) is 0 Å². The summed E-state index contributed by atoms with van der Waals surface area (Å²) in [5, 5.41) is 11.7. The number of hydrogen-bond donors (Lipinski definition) is 1. The van der Waals surface area contributed by atoms with Gasteiger partial charge in [-0.1, -0.05) is 53.5 Å². The molecule has 0 saturated carbocycles. The molecular formula is C26H27BrN2O4. The Kier molecular flexibility index (Phi) is 6.72. The number of furan rings is 1. The number of aliphatic hydroxyl groups excluding tert-OH is 1. The molecule has 4 rings (SSSR count). The van der Waals surface area contributed by atoms with Crippen LogP contribution < -0.4 is 0 Å². The first kappa shape index (κ1) is 23.3. The van der Waals surface area contributed by atoms with E-state index in [2.05, 4.69) is 34.7 Å². The maximum atomic E-state index is 13.6. The fraction of sp³-hybridized carbons (Fsp3) is 0.308. The van der Waals surface area contributed by atoms with E-state index < -0.39 is 23.5 Å². The number of carbonyl (C=O) groups is 2. The Labute approximate surface area is 201 Å². The molecule has 0 bridgehead atoms. The molecule has 0 radical (unpaired) electrons. The molecule has 2 aromatic carbocycles. The standard InChI is InChI=1S/C26H27BrN2O4/c1-4-28(5-2)11-12-29-23(17-7-6-8-19(27)14-17)22(25(31)26(29)32)24(30)21-15-18-13-16(3)9-10-20(18)33-21/h6-10,13-15,23,31H,4-5,11-12H2,1-3H3. The highest BCUT2D eigenvalue weighted by Crippen LogP contribution is 2.40. The second kappa shape index (κ2) is 9.53. The Bertz CT molecular complexity index is 1240. The van der Waals surface area contributed by atoms with Crippen LogP contribution in [0, 0.1) is 6.92 Å². The molecule has 0 aliphatic carbocycles.